The van der Waals surface area contributed by atoms with Gasteiger partial charge in [0.2, 0.25) is 0 Å². The second-order valence-electron chi connectivity index (χ2n) is 6.38. The molecule has 4 aromatic heterocycles. The van der Waals surface area contributed by atoms with Crippen molar-refractivity contribution in [1.29, 1.82) is 0 Å². The SMILES string of the molecule is Cc1ccnc(-n2c(SCC(=O)c3cccs3)nc3sc(C)c(C)c3c2=O)c1. The average molecular weight is 428 g/mol. The number of thiophene rings is 2. The van der Waals surface area contributed by atoms with Crippen LogP contribution in [0.5, 0.6) is 0 Å². The summed E-state index contributed by atoms with van der Waals surface area (Å²) in [5.41, 5.74) is 1.81. The van der Waals surface area contributed by atoms with E-state index in [1.54, 1.807) is 6.20 Å². The van der Waals surface area contributed by atoms with Crippen LogP contribution in [0, 0.1) is 20.8 Å². The molecule has 0 bridgehead atoms. The highest BCUT2D eigenvalue weighted by molar-refractivity contribution is 7.99. The Hall–Kier alpha value is -2.29. The molecule has 0 saturated carbocycles. The maximum atomic E-state index is 13.4. The highest BCUT2D eigenvalue weighted by atomic mass is 32.2. The molecule has 4 heterocycles. The van der Waals surface area contributed by atoms with Crippen molar-refractivity contribution in [2.24, 2.45) is 0 Å². The first-order valence-electron chi connectivity index (χ1n) is 8.61. The number of hydrogen-bond donors (Lipinski definition) is 0. The van der Waals surface area contributed by atoms with Gasteiger partial charge in [-0.1, -0.05) is 17.8 Å². The molecule has 28 heavy (non-hydrogen) atoms. The van der Waals surface area contributed by atoms with Crippen LogP contribution in [0.3, 0.4) is 0 Å². The van der Waals surface area contributed by atoms with Crippen molar-refractivity contribution in [3.8, 4) is 5.82 Å². The Balaban J connectivity index is 1.85. The molecule has 5 nitrogen and oxygen atoms in total. The monoisotopic (exact) mass is 427 g/mol. The third-order valence-corrected chi connectivity index (χ3v) is 7.38. The largest absolute Gasteiger partial charge is 0.292 e. The van der Waals surface area contributed by atoms with E-state index in [0.717, 1.165) is 16.0 Å². The van der Waals surface area contributed by atoms with E-state index in [0.29, 0.717) is 26.1 Å². The molecular formula is C20H17N3O2S3. The molecule has 142 valence electrons. The zero-order valence-electron chi connectivity index (χ0n) is 15.6. The van der Waals surface area contributed by atoms with Gasteiger partial charge in [0, 0.05) is 11.1 Å². The summed E-state index contributed by atoms with van der Waals surface area (Å²) in [6.07, 6.45) is 1.68. The summed E-state index contributed by atoms with van der Waals surface area (Å²) in [7, 11) is 0. The standard InChI is InChI=1S/C20H17N3O2S3/c1-11-6-7-21-16(9-11)23-19(25)17-12(2)13(3)28-18(17)22-20(23)27-10-14(24)15-5-4-8-26-15/h4-9H,10H2,1-3H3. The average Bonchev–Trinajstić information content (AvgIpc) is 3.29. The second kappa shape index (κ2) is 7.62. The number of carbonyl (C=O) groups is 1. The van der Waals surface area contributed by atoms with Gasteiger partial charge < -0.3 is 0 Å². The number of aromatic nitrogens is 3. The molecule has 0 atom stereocenters. The Bertz CT molecular complexity index is 1240. The minimum atomic E-state index is -0.143. The van der Waals surface area contributed by atoms with Gasteiger partial charge in [-0.05, 0) is 55.5 Å². The van der Waals surface area contributed by atoms with Crippen LogP contribution in [-0.2, 0) is 0 Å². The highest BCUT2D eigenvalue weighted by Crippen LogP contribution is 2.29. The van der Waals surface area contributed by atoms with Gasteiger partial charge in [0.05, 0.1) is 16.0 Å². The maximum absolute atomic E-state index is 13.4. The number of hydrogen-bond acceptors (Lipinski definition) is 7. The van der Waals surface area contributed by atoms with E-state index in [9.17, 15) is 9.59 Å². The summed E-state index contributed by atoms with van der Waals surface area (Å²) in [6, 6.07) is 7.41. The minimum Gasteiger partial charge on any atom is -0.292 e. The van der Waals surface area contributed by atoms with Gasteiger partial charge in [-0.3, -0.25) is 9.59 Å². The van der Waals surface area contributed by atoms with E-state index in [2.05, 4.69) is 4.98 Å². The van der Waals surface area contributed by atoms with E-state index in [1.807, 2.05) is 50.4 Å². The van der Waals surface area contributed by atoms with Gasteiger partial charge in [-0.25, -0.2) is 14.5 Å². The molecule has 4 aromatic rings. The van der Waals surface area contributed by atoms with Crippen molar-refractivity contribution < 1.29 is 4.79 Å². The van der Waals surface area contributed by atoms with Gasteiger partial charge in [0.25, 0.3) is 5.56 Å². The summed E-state index contributed by atoms with van der Waals surface area (Å²) in [5.74, 6) is 0.763. The Morgan fingerprint density at radius 2 is 2.07 bits per heavy atom. The Morgan fingerprint density at radius 1 is 1.25 bits per heavy atom. The smallest absolute Gasteiger partial charge is 0.269 e. The van der Waals surface area contributed by atoms with Crippen molar-refractivity contribution >= 4 is 50.4 Å². The van der Waals surface area contributed by atoms with Crippen LogP contribution < -0.4 is 5.56 Å². The molecule has 0 amide bonds. The number of carbonyl (C=O) groups excluding carboxylic acids is 1. The summed E-state index contributed by atoms with van der Waals surface area (Å²) in [6.45, 7) is 5.89. The number of rotatable bonds is 5. The molecule has 0 fully saturated rings. The summed E-state index contributed by atoms with van der Waals surface area (Å²) < 4.78 is 1.53. The Morgan fingerprint density at radius 3 is 2.79 bits per heavy atom. The fourth-order valence-corrected chi connectivity index (χ4v) is 5.57. The predicted octanol–water partition coefficient (Wildman–Crippen LogP) is 4.80. The van der Waals surface area contributed by atoms with Gasteiger partial charge in [0.1, 0.15) is 10.6 Å². The molecule has 0 aliphatic carbocycles. The molecule has 0 aromatic carbocycles. The molecule has 0 saturated heterocycles. The van der Waals surface area contributed by atoms with Crippen LogP contribution in [0.1, 0.15) is 25.7 Å². The fourth-order valence-electron chi connectivity index (χ4n) is 2.85. The minimum absolute atomic E-state index is 0.0247. The predicted molar refractivity (Wildman–Crippen MR) is 117 cm³/mol. The van der Waals surface area contributed by atoms with Crippen molar-refractivity contribution in [3.05, 3.63) is 67.1 Å². The first kappa shape index (κ1) is 19.0. The number of fused-ring (bicyclic) bond motifs is 1. The lowest BCUT2D eigenvalue weighted by Crippen LogP contribution is -2.23. The van der Waals surface area contributed by atoms with Crippen molar-refractivity contribution in [2.75, 3.05) is 5.75 Å². The van der Waals surface area contributed by atoms with Crippen molar-refractivity contribution in [3.63, 3.8) is 0 Å². The molecule has 4 rings (SSSR count). The quantitative estimate of drug-likeness (QED) is 0.260. The van der Waals surface area contributed by atoms with Gasteiger partial charge in [-0.15, -0.1) is 22.7 Å². The maximum Gasteiger partial charge on any atom is 0.269 e. The van der Waals surface area contributed by atoms with E-state index < -0.39 is 0 Å². The lowest BCUT2D eigenvalue weighted by atomic mass is 10.2. The van der Waals surface area contributed by atoms with E-state index in [1.165, 1.54) is 39.0 Å². The molecule has 0 radical (unpaired) electrons. The Kier molecular flexibility index (Phi) is 5.18. The fraction of sp³-hybridized carbons (Fsp3) is 0.200. The zero-order valence-corrected chi connectivity index (χ0v) is 18.0. The molecule has 8 heteroatoms. The lowest BCUT2D eigenvalue weighted by Gasteiger charge is -2.11. The third kappa shape index (κ3) is 3.43. The number of Topliss-reactive ketones (excluding diaryl/α,β-unsaturated/α-hetero) is 1. The summed E-state index contributed by atoms with van der Waals surface area (Å²) in [5, 5.41) is 2.99. The van der Waals surface area contributed by atoms with E-state index >= 15 is 0 Å². The highest BCUT2D eigenvalue weighted by Gasteiger charge is 2.20. The number of aryl methyl sites for hydroxylation is 3. The number of nitrogens with zero attached hydrogens (tertiary/aromatic N) is 3. The normalized spacial score (nSPS) is 11.2. The first-order chi connectivity index (χ1) is 13.5. The van der Waals surface area contributed by atoms with Crippen LogP contribution in [-0.4, -0.2) is 26.1 Å². The molecule has 0 spiro atoms. The van der Waals surface area contributed by atoms with Gasteiger partial charge >= 0.3 is 0 Å². The molecular weight excluding hydrogens is 410 g/mol. The van der Waals surface area contributed by atoms with Crippen LogP contribution >= 0.6 is 34.4 Å². The van der Waals surface area contributed by atoms with Crippen LogP contribution in [0.15, 0.2) is 45.8 Å². The van der Waals surface area contributed by atoms with Gasteiger partial charge in [0.15, 0.2) is 10.9 Å². The lowest BCUT2D eigenvalue weighted by molar-refractivity contribution is 0.102. The number of pyridine rings is 1. The van der Waals surface area contributed by atoms with Crippen LogP contribution in [0.2, 0.25) is 0 Å². The molecule has 0 aliphatic heterocycles. The first-order valence-corrected chi connectivity index (χ1v) is 11.3. The van der Waals surface area contributed by atoms with Crippen molar-refractivity contribution in [2.45, 2.75) is 25.9 Å². The topological polar surface area (TPSA) is 64.8 Å². The molecule has 0 N–H and O–H groups in total. The molecule has 0 unspecified atom stereocenters. The van der Waals surface area contributed by atoms with Gasteiger partial charge in [-0.2, -0.15) is 0 Å². The summed E-state index contributed by atoms with van der Waals surface area (Å²) in [4.78, 5) is 37.4. The molecule has 0 aliphatic rings. The summed E-state index contributed by atoms with van der Waals surface area (Å²) >= 11 is 4.20. The Labute approximate surface area is 174 Å². The van der Waals surface area contributed by atoms with E-state index in [4.69, 9.17) is 4.98 Å². The number of ketones is 1. The number of thioether (sulfide) groups is 1. The zero-order chi connectivity index (χ0) is 19.8. The van der Waals surface area contributed by atoms with Crippen molar-refractivity contribution in [1.82, 2.24) is 14.5 Å². The third-order valence-electron chi connectivity index (χ3n) is 4.43. The van der Waals surface area contributed by atoms with Crippen LogP contribution in [0.4, 0.5) is 0 Å². The van der Waals surface area contributed by atoms with Crippen LogP contribution in [0.25, 0.3) is 16.0 Å². The second-order valence-corrected chi connectivity index (χ2v) is 9.47. The van der Waals surface area contributed by atoms with E-state index in [-0.39, 0.29) is 17.1 Å².